The van der Waals surface area contributed by atoms with Gasteiger partial charge in [-0.05, 0) is 87.7 Å². The maximum absolute atomic E-state index is 13.2. The van der Waals surface area contributed by atoms with Gasteiger partial charge in [-0.15, -0.1) is 0 Å². The number of fused-ring (bicyclic) bond motifs is 5. The van der Waals surface area contributed by atoms with Gasteiger partial charge in [0.25, 0.3) is 0 Å². The monoisotopic (exact) mass is 724 g/mol. The van der Waals surface area contributed by atoms with E-state index in [0.29, 0.717) is 44.9 Å². The summed E-state index contributed by atoms with van der Waals surface area (Å²) >= 11 is 0. The summed E-state index contributed by atoms with van der Waals surface area (Å²) in [6, 6.07) is 3.17. The summed E-state index contributed by atoms with van der Waals surface area (Å²) in [5.74, 6) is -0.509. The van der Waals surface area contributed by atoms with E-state index in [1.165, 1.54) is 12.3 Å². The maximum Gasteiger partial charge on any atom is 0.335 e. The number of carbonyl (C=O) groups is 1. The molecule has 0 radical (unpaired) electrons. The summed E-state index contributed by atoms with van der Waals surface area (Å²) in [4.78, 5) is 24.8. The molecule has 4 saturated carbocycles. The number of carbonyl (C=O) groups excluding carboxylic acids is 1. The van der Waals surface area contributed by atoms with Crippen molar-refractivity contribution in [2.24, 2.45) is 22.7 Å². The molecule has 8 N–H and O–H groups in total. The van der Waals surface area contributed by atoms with E-state index in [2.05, 4.69) is 6.92 Å². The van der Waals surface area contributed by atoms with Crippen LogP contribution in [0.2, 0.25) is 0 Å². The van der Waals surface area contributed by atoms with Gasteiger partial charge in [0.2, 0.25) is 0 Å². The first-order chi connectivity index (χ1) is 24.1. The van der Waals surface area contributed by atoms with E-state index >= 15 is 0 Å². The van der Waals surface area contributed by atoms with Crippen LogP contribution in [0.4, 0.5) is 0 Å². The van der Waals surface area contributed by atoms with E-state index in [0.717, 1.165) is 11.8 Å². The molecule has 2 saturated heterocycles. The van der Waals surface area contributed by atoms with Crippen LogP contribution in [0.5, 0.6) is 0 Å². The number of ether oxygens (including phenoxy) is 4. The lowest BCUT2D eigenvalue weighted by Crippen LogP contribution is -2.69. The van der Waals surface area contributed by atoms with Crippen LogP contribution in [0.15, 0.2) is 27.6 Å². The highest BCUT2D eigenvalue weighted by molar-refractivity contribution is 5.64. The van der Waals surface area contributed by atoms with Crippen molar-refractivity contribution in [1.29, 1.82) is 0 Å². The molecule has 0 amide bonds. The lowest BCUT2D eigenvalue weighted by Gasteiger charge is -2.65. The Morgan fingerprint density at radius 1 is 0.843 bits per heavy atom. The lowest BCUT2D eigenvalue weighted by atomic mass is 9.41. The van der Waals surface area contributed by atoms with Crippen LogP contribution in [0.25, 0.3) is 0 Å². The smallest absolute Gasteiger partial charge is 0.335 e. The summed E-state index contributed by atoms with van der Waals surface area (Å²) in [7, 11) is 0. The second-order valence-electron chi connectivity index (χ2n) is 16.3. The molecule has 1 aromatic rings. The molecule has 6 fully saturated rings. The molecule has 15 nitrogen and oxygen atoms in total. The third-order valence-electron chi connectivity index (χ3n) is 14.1. The van der Waals surface area contributed by atoms with Gasteiger partial charge in [0.05, 0.1) is 41.7 Å². The predicted molar refractivity (Wildman–Crippen MR) is 173 cm³/mol. The first-order valence-corrected chi connectivity index (χ1v) is 18.3. The summed E-state index contributed by atoms with van der Waals surface area (Å²) in [6.07, 6.45) is -8.77. The molecule has 1 aromatic heterocycles. The van der Waals surface area contributed by atoms with Crippen LogP contribution >= 0.6 is 0 Å². The van der Waals surface area contributed by atoms with Gasteiger partial charge in [-0.3, -0.25) is 0 Å². The number of rotatable bonds is 7. The Morgan fingerprint density at radius 2 is 1.55 bits per heavy atom. The van der Waals surface area contributed by atoms with Gasteiger partial charge in [0, 0.05) is 17.9 Å². The average molecular weight is 725 g/mol. The van der Waals surface area contributed by atoms with Crippen LogP contribution < -0.4 is 5.63 Å². The highest BCUT2D eigenvalue weighted by Crippen LogP contribution is 2.71. The minimum atomic E-state index is -1.72. The molecular formula is C36H52O15. The van der Waals surface area contributed by atoms with E-state index in [1.54, 1.807) is 13.0 Å². The highest BCUT2D eigenvalue weighted by Gasteiger charge is 2.71. The highest BCUT2D eigenvalue weighted by atomic mass is 16.7. The van der Waals surface area contributed by atoms with Gasteiger partial charge in [0.15, 0.2) is 12.6 Å². The largest absolute Gasteiger partial charge is 0.431 e. The van der Waals surface area contributed by atoms with E-state index in [9.17, 15) is 50.4 Å². The van der Waals surface area contributed by atoms with Gasteiger partial charge in [0.1, 0.15) is 49.0 Å². The molecule has 0 aromatic carbocycles. The third kappa shape index (κ3) is 5.70. The summed E-state index contributed by atoms with van der Waals surface area (Å²) in [5.41, 5.74) is -3.71. The fourth-order valence-corrected chi connectivity index (χ4v) is 11.2. The normalized spacial score (nSPS) is 52.7. The molecule has 0 bridgehead atoms. The first-order valence-electron chi connectivity index (χ1n) is 18.3. The summed E-state index contributed by atoms with van der Waals surface area (Å²) in [6.45, 7) is 2.98. The van der Waals surface area contributed by atoms with Crippen molar-refractivity contribution in [2.75, 3.05) is 6.61 Å². The minimum absolute atomic E-state index is 0.0215. The van der Waals surface area contributed by atoms with Crippen molar-refractivity contribution < 1.29 is 69.0 Å². The van der Waals surface area contributed by atoms with Crippen LogP contribution in [0, 0.1) is 22.7 Å². The lowest BCUT2D eigenvalue weighted by molar-refractivity contribution is -0.361. The van der Waals surface area contributed by atoms with Crippen LogP contribution in [0.3, 0.4) is 0 Å². The minimum Gasteiger partial charge on any atom is -0.431 e. The average Bonchev–Trinajstić information content (AvgIpc) is 3.39. The molecule has 286 valence electrons. The zero-order valence-corrected chi connectivity index (χ0v) is 28.9. The van der Waals surface area contributed by atoms with Crippen molar-refractivity contribution in [3.05, 3.63) is 34.4 Å². The Balaban J connectivity index is 1.03. The maximum atomic E-state index is 13.2. The molecule has 3 heterocycles. The quantitative estimate of drug-likeness (QED) is 0.127. The summed E-state index contributed by atoms with van der Waals surface area (Å²) < 4.78 is 28.4. The first kappa shape index (κ1) is 37.5. The zero-order chi connectivity index (χ0) is 36.7. The molecule has 6 aliphatic rings. The molecule has 18 atom stereocenters. The Morgan fingerprint density at radius 3 is 2.24 bits per heavy atom. The number of hydrogen-bond acceptors (Lipinski definition) is 15. The SMILES string of the molecule is CC1OC(OC2CC[C@]3(C=O)C4CC[C@]5(C)C(c6ccc(=O)oc6)CC[C@]5(O)C4CC[C@]3(O)C2)C(O)C(O)C1OC1OC(CO)C(O)C(O)C1O. The van der Waals surface area contributed by atoms with Crippen molar-refractivity contribution in [3.8, 4) is 0 Å². The van der Waals surface area contributed by atoms with E-state index in [-0.39, 0.29) is 30.6 Å². The summed E-state index contributed by atoms with van der Waals surface area (Å²) in [5, 5.41) is 87.1. The molecule has 14 unspecified atom stereocenters. The number of aliphatic hydroxyl groups excluding tert-OH is 6. The Labute approximate surface area is 295 Å². The molecular weight excluding hydrogens is 672 g/mol. The van der Waals surface area contributed by atoms with Crippen LogP contribution in [-0.4, -0.2) is 132 Å². The number of aldehydes is 1. The van der Waals surface area contributed by atoms with Crippen molar-refractivity contribution in [2.45, 2.75) is 156 Å². The fourth-order valence-electron chi connectivity index (χ4n) is 11.2. The second-order valence-corrected chi connectivity index (χ2v) is 16.3. The van der Waals surface area contributed by atoms with Gasteiger partial charge < -0.3 is 69.0 Å². The molecule has 7 rings (SSSR count). The fraction of sp³-hybridized carbons (Fsp3) is 0.833. The molecule has 2 aliphatic heterocycles. The Bertz CT molecular complexity index is 1470. The number of hydrogen-bond donors (Lipinski definition) is 8. The van der Waals surface area contributed by atoms with E-state index in [1.807, 2.05) is 0 Å². The van der Waals surface area contributed by atoms with E-state index < -0.39 is 102 Å². The van der Waals surface area contributed by atoms with Gasteiger partial charge in [-0.25, -0.2) is 4.79 Å². The van der Waals surface area contributed by atoms with Crippen molar-refractivity contribution >= 4 is 6.29 Å². The van der Waals surface area contributed by atoms with Crippen molar-refractivity contribution in [3.63, 3.8) is 0 Å². The molecule has 15 heteroatoms. The predicted octanol–water partition coefficient (Wildman–Crippen LogP) is -0.788. The molecule has 4 aliphatic carbocycles. The molecule has 51 heavy (non-hydrogen) atoms. The van der Waals surface area contributed by atoms with Gasteiger partial charge >= 0.3 is 5.63 Å². The van der Waals surface area contributed by atoms with Crippen LogP contribution in [0.1, 0.15) is 83.1 Å². The van der Waals surface area contributed by atoms with E-state index in [4.69, 9.17) is 23.4 Å². The van der Waals surface area contributed by atoms with Gasteiger partial charge in [-0.2, -0.15) is 0 Å². The van der Waals surface area contributed by atoms with Crippen molar-refractivity contribution in [1.82, 2.24) is 0 Å². The van der Waals surface area contributed by atoms with Gasteiger partial charge in [-0.1, -0.05) is 6.92 Å². The topological polar surface area (TPSA) is 246 Å². The van der Waals surface area contributed by atoms with Crippen LogP contribution in [-0.2, 0) is 23.7 Å². The Hall–Kier alpha value is -1.86. The third-order valence-corrected chi connectivity index (χ3v) is 14.1. The number of aliphatic hydroxyl groups is 8. The standard InChI is InChI=1S/C36H52O15/c1-17-30(51-32-28(43)26(41)25(40)23(14-37)50-32)27(42)29(44)31(48-17)49-19-5-10-34(16-38)21-6-9-33(2)20(18-3-4-24(39)47-15-18)8-12-36(33,46)22(21)7-11-35(34,45)13-19/h3-4,15-17,19-23,25-32,37,40-46H,5-14H2,1-2H3/t17?,19?,20?,21?,22?,23?,25?,26?,27?,28?,29?,30?,31?,32?,33-,34+,35+,36+/m1/s1. The molecule has 0 spiro atoms. The second kappa shape index (κ2) is 13.5. The Kier molecular flexibility index (Phi) is 9.89. The zero-order valence-electron chi connectivity index (χ0n) is 28.9.